The summed E-state index contributed by atoms with van der Waals surface area (Å²) in [4.78, 5) is 11.6. The van der Waals surface area contributed by atoms with Crippen molar-refractivity contribution in [2.45, 2.75) is 26.4 Å². The van der Waals surface area contributed by atoms with Crippen molar-refractivity contribution in [2.24, 2.45) is 5.92 Å². The molecule has 1 unspecified atom stereocenters. The van der Waals surface area contributed by atoms with Crippen LogP contribution < -0.4 is 0 Å². The molecule has 0 bridgehead atoms. The van der Waals surface area contributed by atoms with Crippen LogP contribution in [0.2, 0.25) is 0 Å². The van der Waals surface area contributed by atoms with Gasteiger partial charge in [-0.25, -0.2) is 0 Å². The molecule has 15 heavy (non-hydrogen) atoms. The smallest absolute Gasteiger partial charge is 0.344 e. The van der Waals surface area contributed by atoms with E-state index in [1.165, 1.54) is 14.2 Å². The van der Waals surface area contributed by atoms with Crippen LogP contribution in [-0.4, -0.2) is 32.5 Å². The molecule has 6 heteroatoms. The van der Waals surface area contributed by atoms with E-state index in [0.29, 0.717) is 0 Å². The van der Waals surface area contributed by atoms with Gasteiger partial charge in [0.1, 0.15) is 0 Å². The molecule has 0 aliphatic heterocycles. The van der Waals surface area contributed by atoms with E-state index in [9.17, 15) is 9.36 Å². The minimum absolute atomic E-state index is 0.171. The van der Waals surface area contributed by atoms with E-state index < -0.39 is 19.2 Å². The van der Waals surface area contributed by atoms with Gasteiger partial charge in [0.25, 0.3) is 0 Å². The number of hydrogen-bond acceptors (Lipinski definition) is 5. The highest BCUT2D eigenvalue weighted by Gasteiger charge is 2.43. The number of hydrogen-bond donors (Lipinski definition) is 0. The number of carbonyl (C=O) groups excluding carboxylic acids is 1. The fraction of sp³-hybridized carbons (Fsp3) is 0.889. The highest BCUT2D eigenvalue weighted by Crippen LogP contribution is 2.54. The molecule has 0 N–H and O–H groups in total. The summed E-state index contributed by atoms with van der Waals surface area (Å²) in [5.41, 5.74) is -0.868. The van der Waals surface area contributed by atoms with Gasteiger partial charge in [-0.3, -0.25) is 9.36 Å². The van der Waals surface area contributed by atoms with E-state index in [4.69, 9.17) is 13.8 Å². The number of ether oxygens (including phenoxy) is 1. The van der Waals surface area contributed by atoms with E-state index in [1.54, 1.807) is 20.8 Å². The molecule has 0 radical (unpaired) electrons. The van der Waals surface area contributed by atoms with E-state index in [0.717, 1.165) is 0 Å². The Morgan fingerprint density at radius 3 is 2.00 bits per heavy atom. The Labute approximate surface area is 90.6 Å². The van der Waals surface area contributed by atoms with Crippen LogP contribution in [0.1, 0.15) is 20.8 Å². The lowest BCUT2D eigenvalue weighted by Gasteiger charge is -2.25. The second-order valence-corrected chi connectivity index (χ2v) is 5.71. The van der Waals surface area contributed by atoms with Crippen LogP contribution in [0.15, 0.2) is 0 Å². The highest BCUT2D eigenvalue weighted by molar-refractivity contribution is 7.55. The Balaban J connectivity index is 4.95. The maximum absolute atomic E-state index is 12.1. The van der Waals surface area contributed by atoms with Crippen LogP contribution in [0.4, 0.5) is 0 Å². The molecular formula is C9H19O5P. The zero-order chi connectivity index (χ0) is 12.1. The molecule has 5 nitrogen and oxygen atoms in total. The van der Waals surface area contributed by atoms with Crippen molar-refractivity contribution in [1.82, 2.24) is 0 Å². The molecule has 90 valence electrons. The molecular weight excluding hydrogens is 219 g/mol. The van der Waals surface area contributed by atoms with Gasteiger partial charge in [-0.05, 0) is 12.8 Å². The first kappa shape index (κ1) is 14.6. The van der Waals surface area contributed by atoms with Crippen LogP contribution in [0, 0.1) is 5.92 Å². The lowest BCUT2D eigenvalue weighted by Crippen LogP contribution is -2.29. The summed E-state index contributed by atoms with van der Waals surface area (Å²) in [6.45, 7) is 5.48. The molecule has 0 aromatic rings. The van der Waals surface area contributed by atoms with Crippen LogP contribution in [-0.2, 0) is 23.1 Å². The third kappa shape index (κ3) is 3.59. The summed E-state index contributed by atoms with van der Waals surface area (Å²) in [6, 6.07) is 0. The zero-order valence-electron chi connectivity index (χ0n) is 9.85. The molecule has 0 saturated carbocycles. The predicted molar refractivity (Wildman–Crippen MR) is 56.9 cm³/mol. The third-order valence-corrected chi connectivity index (χ3v) is 4.52. The van der Waals surface area contributed by atoms with Gasteiger partial charge in [0, 0.05) is 14.2 Å². The van der Waals surface area contributed by atoms with Gasteiger partial charge in [0.2, 0.25) is 0 Å². The predicted octanol–water partition coefficient (Wildman–Crippen LogP) is 2.06. The molecule has 0 saturated heterocycles. The van der Waals surface area contributed by atoms with E-state index in [-0.39, 0.29) is 12.5 Å². The maximum Gasteiger partial charge on any atom is 0.344 e. The lowest BCUT2D eigenvalue weighted by atomic mass is 10.1. The molecule has 0 rings (SSSR count). The van der Waals surface area contributed by atoms with Gasteiger partial charge < -0.3 is 13.8 Å². The Bertz CT molecular complexity index is 243. The Kier molecular flexibility index (Phi) is 6.10. The van der Waals surface area contributed by atoms with Gasteiger partial charge in [0.15, 0.2) is 5.66 Å². The summed E-state index contributed by atoms with van der Waals surface area (Å²) in [6.07, 6.45) is 0. The minimum atomic E-state index is -3.41. The standard InChI is InChI=1S/C9H19O5P/c1-6-14-9(10)8(7(2)3)15(11,12-4)13-5/h7-8H,6H2,1-5H3. The van der Waals surface area contributed by atoms with Gasteiger partial charge in [0.05, 0.1) is 6.61 Å². The second kappa shape index (κ2) is 6.26. The van der Waals surface area contributed by atoms with Crippen molar-refractivity contribution in [3.05, 3.63) is 0 Å². The van der Waals surface area contributed by atoms with Gasteiger partial charge in [-0.15, -0.1) is 0 Å². The average Bonchev–Trinajstić information content (AvgIpc) is 2.17. The summed E-state index contributed by atoms with van der Waals surface area (Å²) in [5, 5.41) is 0. The zero-order valence-corrected chi connectivity index (χ0v) is 10.7. The minimum Gasteiger partial charge on any atom is -0.465 e. The van der Waals surface area contributed by atoms with E-state index in [1.807, 2.05) is 0 Å². The molecule has 0 aliphatic carbocycles. The average molecular weight is 238 g/mol. The van der Waals surface area contributed by atoms with E-state index >= 15 is 0 Å². The fourth-order valence-corrected chi connectivity index (χ4v) is 2.96. The van der Waals surface area contributed by atoms with Crippen molar-refractivity contribution >= 4 is 13.6 Å². The number of esters is 1. The molecule has 0 heterocycles. The Hall–Kier alpha value is -0.380. The van der Waals surface area contributed by atoms with Gasteiger partial charge >= 0.3 is 13.6 Å². The van der Waals surface area contributed by atoms with Crippen LogP contribution in [0.3, 0.4) is 0 Å². The fourth-order valence-electron chi connectivity index (χ4n) is 1.30. The second-order valence-electron chi connectivity index (χ2n) is 3.35. The summed E-state index contributed by atoms with van der Waals surface area (Å²) >= 11 is 0. The van der Waals surface area contributed by atoms with Crippen LogP contribution in [0.5, 0.6) is 0 Å². The summed E-state index contributed by atoms with van der Waals surface area (Å²) in [7, 11) is -0.882. The first-order valence-electron chi connectivity index (χ1n) is 4.80. The first-order chi connectivity index (χ1) is 6.92. The summed E-state index contributed by atoms with van der Waals surface area (Å²) in [5.74, 6) is -0.714. The summed E-state index contributed by atoms with van der Waals surface area (Å²) < 4.78 is 26.5. The number of carbonyl (C=O) groups is 1. The quantitative estimate of drug-likeness (QED) is 0.523. The Morgan fingerprint density at radius 2 is 1.73 bits per heavy atom. The van der Waals surface area contributed by atoms with Crippen molar-refractivity contribution in [1.29, 1.82) is 0 Å². The van der Waals surface area contributed by atoms with Crippen molar-refractivity contribution in [3.8, 4) is 0 Å². The molecule has 0 aliphatic rings. The molecule has 0 fully saturated rings. The van der Waals surface area contributed by atoms with Crippen molar-refractivity contribution in [2.75, 3.05) is 20.8 Å². The molecule has 0 spiro atoms. The third-order valence-electron chi connectivity index (χ3n) is 2.01. The SMILES string of the molecule is CCOC(=O)C(C(C)C)P(=O)(OC)OC. The number of rotatable bonds is 6. The van der Waals surface area contributed by atoms with Gasteiger partial charge in [-0.1, -0.05) is 13.8 Å². The van der Waals surface area contributed by atoms with E-state index in [2.05, 4.69) is 0 Å². The molecule has 1 atom stereocenters. The monoisotopic (exact) mass is 238 g/mol. The van der Waals surface area contributed by atoms with Crippen molar-refractivity contribution < 1.29 is 23.1 Å². The lowest BCUT2D eigenvalue weighted by molar-refractivity contribution is -0.143. The Morgan fingerprint density at radius 1 is 1.27 bits per heavy atom. The maximum atomic E-state index is 12.1. The van der Waals surface area contributed by atoms with Gasteiger partial charge in [-0.2, -0.15) is 0 Å². The van der Waals surface area contributed by atoms with Crippen LogP contribution in [0.25, 0.3) is 0 Å². The van der Waals surface area contributed by atoms with Crippen molar-refractivity contribution in [3.63, 3.8) is 0 Å². The molecule has 0 aromatic carbocycles. The normalized spacial score (nSPS) is 14.0. The van der Waals surface area contributed by atoms with Crippen LogP contribution >= 0.6 is 7.60 Å². The largest absolute Gasteiger partial charge is 0.465 e. The molecule has 0 aromatic heterocycles. The first-order valence-corrected chi connectivity index (χ1v) is 6.42. The highest BCUT2D eigenvalue weighted by atomic mass is 31.2. The molecule has 0 amide bonds. The topological polar surface area (TPSA) is 61.8 Å².